The fourth-order valence-corrected chi connectivity index (χ4v) is 3.55. The van der Waals surface area contributed by atoms with Crippen molar-refractivity contribution in [1.82, 2.24) is 15.1 Å². The second-order valence-electron chi connectivity index (χ2n) is 6.73. The van der Waals surface area contributed by atoms with Crippen LogP contribution in [-0.2, 0) is 9.53 Å². The highest BCUT2D eigenvalue weighted by atomic mass is 16.5. The van der Waals surface area contributed by atoms with Crippen LogP contribution in [0.25, 0.3) is 0 Å². The van der Waals surface area contributed by atoms with Gasteiger partial charge in [0.15, 0.2) is 5.82 Å². The van der Waals surface area contributed by atoms with Gasteiger partial charge < -0.3 is 14.5 Å². The quantitative estimate of drug-likeness (QED) is 0.845. The Balaban J connectivity index is 1.64. The monoisotopic (exact) mass is 318 g/mol. The van der Waals surface area contributed by atoms with Gasteiger partial charge in [0, 0.05) is 33.3 Å². The second-order valence-corrected chi connectivity index (χ2v) is 6.73. The van der Waals surface area contributed by atoms with E-state index in [0.717, 1.165) is 63.4 Å². The first-order valence-corrected chi connectivity index (χ1v) is 8.48. The van der Waals surface area contributed by atoms with Gasteiger partial charge in [-0.05, 0) is 38.3 Å². The highest BCUT2D eigenvalue weighted by Crippen LogP contribution is 2.42. The second kappa shape index (κ2) is 6.83. The third kappa shape index (κ3) is 3.32. The fourth-order valence-electron chi connectivity index (χ4n) is 3.55. The van der Waals surface area contributed by atoms with Crippen LogP contribution in [0.1, 0.15) is 31.4 Å². The lowest BCUT2D eigenvalue weighted by atomic mass is 9.68. The smallest absolute Gasteiger partial charge is 0.231 e. The summed E-state index contributed by atoms with van der Waals surface area (Å²) in [7, 11) is 1.69. The molecule has 1 aliphatic heterocycles. The standard InChI is InChI=1S/C17H26N4O2/c1-14-5-6-15(19-18-14)20-9-4-10-21(12-11-20)16(22)17(13-23-2)7-3-8-17/h5-6H,3-4,7-13H2,1-2H3. The summed E-state index contributed by atoms with van der Waals surface area (Å²) in [5.74, 6) is 1.18. The Morgan fingerprint density at radius 2 is 2.00 bits per heavy atom. The molecule has 1 aromatic heterocycles. The van der Waals surface area contributed by atoms with Crippen LogP contribution in [0.5, 0.6) is 0 Å². The summed E-state index contributed by atoms with van der Waals surface area (Å²) in [5.41, 5.74) is 0.667. The molecule has 126 valence electrons. The zero-order valence-corrected chi connectivity index (χ0v) is 14.1. The molecule has 1 saturated carbocycles. The molecule has 0 bridgehead atoms. The lowest BCUT2D eigenvalue weighted by molar-refractivity contribution is -0.151. The Hall–Kier alpha value is -1.69. The highest BCUT2D eigenvalue weighted by molar-refractivity contribution is 5.84. The van der Waals surface area contributed by atoms with Crippen molar-refractivity contribution in [2.45, 2.75) is 32.6 Å². The summed E-state index contributed by atoms with van der Waals surface area (Å²) < 4.78 is 5.32. The van der Waals surface area contributed by atoms with Gasteiger partial charge in [-0.25, -0.2) is 0 Å². The fraction of sp³-hybridized carbons (Fsp3) is 0.706. The molecule has 0 aromatic carbocycles. The number of hydrogen-bond acceptors (Lipinski definition) is 5. The van der Waals surface area contributed by atoms with Crippen LogP contribution in [0.2, 0.25) is 0 Å². The van der Waals surface area contributed by atoms with E-state index in [1.807, 2.05) is 24.0 Å². The molecular formula is C17H26N4O2. The SMILES string of the molecule is COCC1(C(=O)N2CCCN(c3ccc(C)nn3)CC2)CCC1. The molecule has 0 spiro atoms. The number of carbonyl (C=O) groups excluding carboxylic acids is 1. The zero-order chi connectivity index (χ0) is 16.3. The molecule has 0 radical (unpaired) electrons. The van der Waals surface area contributed by atoms with E-state index in [1.165, 1.54) is 0 Å². The van der Waals surface area contributed by atoms with Crippen LogP contribution in [0, 0.1) is 12.3 Å². The molecule has 0 N–H and O–H groups in total. The minimum Gasteiger partial charge on any atom is -0.384 e. The van der Waals surface area contributed by atoms with Gasteiger partial charge in [-0.1, -0.05) is 6.42 Å². The zero-order valence-electron chi connectivity index (χ0n) is 14.1. The van der Waals surface area contributed by atoms with Gasteiger partial charge in [0.05, 0.1) is 17.7 Å². The Bertz CT molecular complexity index is 542. The number of anilines is 1. The van der Waals surface area contributed by atoms with Gasteiger partial charge in [-0.3, -0.25) is 4.79 Å². The van der Waals surface area contributed by atoms with E-state index in [1.54, 1.807) is 7.11 Å². The average Bonchev–Trinajstić information content (AvgIpc) is 2.77. The normalized spacial score (nSPS) is 20.8. The summed E-state index contributed by atoms with van der Waals surface area (Å²) in [5, 5.41) is 8.41. The number of aromatic nitrogens is 2. The molecule has 0 atom stereocenters. The van der Waals surface area contributed by atoms with Crippen molar-refractivity contribution in [2.24, 2.45) is 5.41 Å². The molecule has 2 aliphatic rings. The first-order chi connectivity index (χ1) is 11.1. The van der Waals surface area contributed by atoms with Crippen LogP contribution < -0.4 is 4.90 Å². The number of amides is 1. The lowest BCUT2D eigenvalue weighted by Gasteiger charge is -2.42. The summed E-state index contributed by atoms with van der Waals surface area (Å²) in [4.78, 5) is 17.2. The van der Waals surface area contributed by atoms with Crippen LogP contribution >= 0.6 is 0 Å². The highest BCUT2D eigenvalue weighted by Gasteiger charge is 2.46. The van der Waals surface area contributed by atoms with Crippen molar-refractivity contribution in [3.63, 3.8) is 0 Å². The van der Waals surface area contributed by atoms with Gasteiger partial charge in [-0.15, -0.1) is 5.10 Å². The van der Waals surface area contributed by atoms with E-state index in [9.17, 15) is 4.79 Å². The number of carbonyl (C=O) groups is 1. The number of methoxy groups -OCH3 is 1. The van der Waals surface area contributed by atoms with Gasteiger partial charge in [0.1, 0.15) is 0 Å². The summed E-state index contributed by atoms with van der Waals surface area (Å²) in [6.45, 7) is 5.79. The van der Waals surface area contributed by atoms with Crippen molar-refractivity contribution < 1.29 is 9.53 Å². The Morgan fingerprint density at radius 3 is 2.61 bits per heavy atom. The molecule has 3 rings (SSSR count). The molecule has 6 nitrogen and oxygen atoms in total. The van der Waals surface area contributed by atoms with Crippen molar-refractivity contribution in [3.05, 3.63) is 17.8 Å². The van der Waals surface area contributed by atoms with E-state index >= 15 is 0 Å². The molecule has 23 heavy (non-hydrogen) atoms. The largest absolute Gasteiger partial charge is 0.384 e. The predicted octanol–water partition coefficient (Wildman–Crippen LogP) is 1.64. The lowest BCUT2D eigenvalue weighted by Crippen LogP contribution is -2.51. The van der Waals surface area contributed by atoms with Crippen LogP contribution in [-0.4, -0.2) is 60.9 Å². The maximum Gasteiger partial charge on any atom is 0.231 e. The summed E-state index contributed by atoms with van der Waals surface area (Å²) in [6.07, 6.45) is 4.02. The van der Waals surface area contributed by atoms with Crippen molar-refractivity contribution in [3.8, 4) is 0 Å². The van der Waals surface area contributed by atoms with E-state index < -0.39 is 0 Å². The maximum absolute atomic E-state index is 12.9. The summed E-state index contributed by atoms with van der Waals surface area (Å²) >= 11 is 0. The van der Waals surface area contributed by atoms with Crippen molar-refractivity contribution in [2.75, 3.05) is 44.8 Å². The van der Waals surface area contributed by atoms with Gasteiger partial charge in [0.2, 0.25) is 5.91 Å². The molecular weight excluding hydrogens is 292 g/mol. The number of aryl methyl sites for hydroxylation is 1. The van der Waals surface area contributed by atoms with Gasteiger partial charge in [0.25, 0.3) is 0 Å². The molecule has 1 aliphatic carbocycles. The molecule has 0 unspecified atom stereocenters. The maximum atomic E-state index is 12.9. The predicted molar refractivity (Wildman–Crippen MR) is 88.3 cm³/mol. The Morgan fingerprint density at radius 1 is 1.17 bits per heavy atom. The van der Waals surface area contributed by atoms with Crippen LogP contribution in [0.3, 0.4) is 0 Å². The number of hydrogen-bond donors (Lipinski definition) is 0. The molecule has 1 aromatic rings. The van der Waals surface area contributed by atoms with Gasteiger partial charge >= 0.3 is 0 Å². The minimum absolute atomic E-state index is 0.256. The van der Waals surface area contributed by atoms with E-state index in [0.29, 0.717) is 6.61 Å². The number of ether oxygens (including phenoxy) is 1. The minimum atomic E-state index is -0.256. The van der Waals surface area contributed by atoms with Crippen molar-refractivity contribution in [1.29, 1.82) is 0 Å². The molecule has 2 heterocycles. The topological polar surface area (TPSA) is 58.6 Å². The molecule has 6 heteroatoms. The first-order valence-electron chi connectivity index (χ1n) is 8.48. The van der Waals surface area contributed by atoms with Crippen LogP contribution in [0.15, 0.2) is 12.1 Å². The molecule has 1 saturated heterocycles. The third-order valence-electron chi connectivity index (χ3n) is 5.08. The van der Waals surface area contributed by atoms with E-state index in [-0.39, 0.29) is 11.3 Å². The first kappa shape index (κ1) is 16.2. The molecule has 2 fully saturated rings. The summed E-state index contributed by atoms with van der Waals surface area (Å²) in [6, 6.07) is 4.00. The van der Waals surface area contributed by atoms with E-state index in [2.05, 4.69) is 15.1 Å². The molecule has 1 amide bonds. The number of nitrogens with zero attached hydrogens (tertiary/aromatic N) is 4. The van der Waals surface area contributed by atoms with Crippen LogP contribution in [0.4, 0.5) is 5.82 Å². The van der Waals surface area contributed by atoms with Gasteiger partial charge in [-0.2, -0.15) is 5.10 Å². The average molecular weight is 318 g/mol. The Kier molecular flexibility index (Phi) is 4.80. The Labute approximate surface area is 137 Å². The third-order valence-corrected chi connectivity index (χ3v) is 5.08. The number of rotatable bonds is 4. The van der Waals surface area contributed by atoms with Crippen molar-refractivity contribution >= 4 is 11.7 Å². The van der Waals surface area contributed by atoms with E-state index in [4.69, 9.17) is 4.74 Å².